The Morgan fingerprint density at radius 2 is 2.05 bits per heavy atom. The van der Waals surface area contributed by atoms with Crippen molar-refractivity contribution in [3.63, 3.8) is 0 Å². The van der Waals surface area contributed by atoms with Crippen molar-refractivity contribution in [2.24, 2.45) is 0 Å². The summed E-state index contributed by atoms with van der Waals surface area (Å²) in [5.74, 6) is 0. The Balaban J connectivity index is 2.54. The first-order chi connectivity index (χ1) is 9.08. The van der Waals surface area contributed by atoms with Crippen molar-refractivity contribution in [1.82, 2.24) is 4.90 Å². The molecule has 5 heteroatoms. The molecular formula is C14H23N3O2. The third-order valence-corrected chi connectivity index (χ3v) is 3.15. The zero-order valence-corrected chi connectivity index (χ0v) is 12.0. The van der Waals surface area contributed by atoms with Gasteiger partial charge in [0.25, 0.3) is 5.69 Å². The van der Waals surface area contributed by atoms with E-state index in [1.807, 2.05) is 6.07 Å². The Hall–Kier alpha value is -1.62. The zero-order valence-electron chi connectivity index (χ0n) is 12.0. The van der Waals surface area contributed by atoms with E-state index in [0.717, 1.165) is 38.3 Å². The largest absolute Gasteiger partial charge is 0.384 e. The predicted octanol–water partition coefficient (Wildman–Crippen LogP) is 3.05. The quantitative estimate of drug-likeness (QED) is 0.579. The highest BCUT2D eigenvalue weighted by Gasteiger charge is 2.10. The van der Waals surface area contributed by atoms with Gasteiger partial charge in [0.15, 0.2) is 0 Å². The lowest BCUT2D eigenvalue weighted by atomic mass is 10.2. The van der Waals surface area contributed by atoms with Crippen LogP contribution in [-0.4, -0.2) is 36.0 Å². The molecule has 0 atom stereocenters. The molecule has 1 aromatic rings. The van der Waals surface area contributed by atoms with Gasteiger partial charge in [-0.3, -0.25) is 10.1 Å². The van der Waals surface area contributed by atoms with Gasteiger partial charge in [0.05, 0.1) is 4.92 Å². The molecule has 0 bridgehead atoms. The first kappa shape index (κ1) is 15.4. The number of benzene rings is 1. The third kappa shape index (κ3) is 4.87. The lowest BCUT2D eigenvalue weighted by Gasteiger charge is -2.19. The van der Waals surface area contributed by atoms with Gasteiger partial charge in [-0.15, -0.1) is 0 Å². The van der Waals surface area contributed by atoms with E-state index in [2.05, 4.69) is 24.1 Å². The SMILES string of the molecule is CCCN(CC)CCNc1ccc(C)c([N+](=O)[O-])c1. The third-order valence-electron chi connectivity index (χ3n) is 3.15. The molecule has 0 saturated heterocycles. The first-order valence-electron chi connectivity index (χ1n) is 6.79. The van der Waals surface area contributed by atoms with Gasteiger partial charge in [0, 0.05) is 30.4 Å². The highest BCUT2D eigenvalue weighted by Crippen LogP contribution is 2.21. The average Bonchev–Trinajstić information content (AvgIpc) is 2.39. The second kappa shape index (κ2) is 7.74. The van der Waals surface area contributed by atoms with Crippen molar-refractivity contribution in [2.75, 3.05) is 31.5 Å². The molecule has 0 unspecified atom stereocenters. The lowest BCUT2D eigenvalue weighted by molar-refractivity contribution is -0.385. The molecule has 0 heterocycles. The van der Waals surface area contributed by atoms with Crippen LogP contribution >= 0.6 is 0 Å². The minimum absolute atomic E-state index is 0.172. The molecule has 0 saturated carbocycles. The summed E-state index contributed by atoms with van der Waals surface area (Å²) < 4.78 is 0. The predicted molar refractivity (Wildman–Crippen MR) is 78.7 cm³/mol. The Morgan fingerprint density at radius 1 is 1.32 bits per heavy atom. The molecule has 106 valence electrons. The molecule has 0 aliphatic heterocycles. The first-order valence-corrected chi connectivity index (χ1v) is 6.79. The summed E-state index contributed by atoms with van der Waals surface area (Å²) in [7, 11) is 0. The topological polar surface area (TPSA) is 58.4 Å². The molecule has 0 aliphatic carbocycles. The van der Waals surface area contributed by atoms with Gasteiger partial charge in [-0.25, -0.2) is 0 Å². The molecule has 0 aliphatic rings. The van der Waals surface area contributed by atoms with E-state index >= 15 is 0 Å². The molecule has 0 aromatic heterocycles. The fourth-order valence-electron chi connectivity index (χ4n) is 2.02. The summed E-state index contributed by atoms with van der Waals surface area (Å²) in [5, 5.41) is 14.1. The minimum Gasteiger partial charge on any atom is -0.384 e. The Morgan fingerprint density at radius 3 is 2.63 bits per heavy atom. The number of hydrogen-bond donors (Lipinski definition) is 1. The standard InChI is InChI=1S/C14H23N3O2/c1-4-9-16(5-2)10-8-15-13-7-6-12(3)14(11-13)17(18)19/h6-7,11,15H,4-5,8-10H2,1-3H3. The molecule has 1 N–H and O–H groups in total. The molecule has 0 fully saturated rings. The summed E-state index contributed by atoms with van der Waals surface area (Å²) in [4.78, 5) is 12.9. The zero-order chi connectivity index (χ0) is 14.3. The summed E-state index contributed by atoms with van der Waals surface area (Å²) in [6, 6.07) is 5.27. The van der Waals surface area contributed by atoms with E-state index < -0.39 is 0 Å². The van der Waals surface area contributed by atoms with Crippen LogP contribution in [0.3, 0.4) is 0 Å². The van der Waals surface area contributed by atoms with E-state index in [4.69, 9.17) is 0 Å². The Bertz CT molecular complexity index is 421. The van der Waals surface area contributed by atoms with E-state index in [9.17, 15) is 10.1 Å². The summed E-state index contributed by atoms with van der Waals surface area (Å²) in [6.45, 7) is 9.93. The summed E-state index contributed by atoms with van der Waals surface area (Å²) in [5.41, 5.74) is 1.67. The van der Waals surface area contributed by atoms with E-state index in [1.54, 1.807) is 19.1 Å². The van der Waals surface area contributed by atoms with Gasteiger partial charge in [-0.1, -0.05) is 19.9 Å². The fourth-order valence-corrected chi connectivity index (χ4v) is 2.02. The molecule has 1 rings (SSSR count). The maximum atomic E-state index is 10.9. The van der Waals surface area contributed by atoms with E-state index in [1.165, 1.54) is 0 Å². The van der Waals surface area contributed by atoms with Crippen LogP contribution in [0.25, 0.3) is 0 Å². The number of nitrogens with one attached hydrogen (secondary N) is 1. The number of likely N-dealkylation sites (N-methyl/N-ethyl adjacent to an activating group) is 1. The average molecular weight is 265 g/mol. The Kier molecular flexibility index (Phi) is 6.29. The van der Waals surface area contributed by atoms with Crippen molar-refractivity contribution < 1.29 is 4.92 Å². The maximum Gasteiger partial charge on any atom is 0.274 e. The van der Waals surface area contributed by atoms with E-state index in [0.29, 0.717) is 5.56 Å². The van der Waals surface area contributed by atoms with Crippen LogP contribution in [0.4, 0.5) is 11.4 Å². The molecular weight excluding hydrogens is 242 g/mol. The van der Waals surface area contributed by atoms with Gasteiger partial charge in [0.1, 0.15) is 0 Å². The monoisotopic (exact) mass is 265 g/mol. The van der Waals surface area contributed by atoms with Crippen LogP contribution in [0.15, 0.2) is 18.2 Å². The van der Waals surface area contributed by atoms with Crippen LogP contribution in [0.5, 0.6) is 0 Å². The van der Waals surface area contributed by atoms with Gasteiger partial charge in [-0.05, 0) is 32.5 Å². The van der Waals surface area contributed by atoms with Crippen molar-refractivity contribution in [1.29, 1.82) is 0 Å². The molecule has 5 nitrogen and oxygen atoms in total. The van der Waals surface area contributed by atoms with Crippen LogP contribution < -0.4 is 5.32 Å². The van der Waals surface area contributed by atoms with Gasteiger partial charge in [-0.2, -0.15) is 0 Å². The normalized spacial score (nSPS) is 10.7. The van der Waals surface area contributed by atoms with Crippen molar-refractivity contribution in [2.45, 2.75) is 27.2 Å². The summed E-state index contributed by atoms with van der Waals surface area (Å²) >= 11 is 0. The highest BCUT2D eigenvalue weighted by molar-refractivity contribution is 5.54. The number of nitro benzene ring substituents is 1. The minimum atomic E-state index is -0.337. The second-order valence-electron chi connectivity index (χ2n) is 4.62. The number of aryl methyl sites for hydroxylation is 1. The van der Waals surface area contributed by atoms with Crippen LogP contribution in [0.2, 0.25) is 0 Å². The highest BCUT2D eigenvalue weighted by atomic mass is 16.6. The molecule has 0 radical (unpaired) electrons. The number of rotatable bonds is 8. The van der Waals surface area contributed by atoms with Gasteiger partial charge in [0.2, 0.25) is 0 Å². The van der Waals surface area contributed by atoms with Gasteiger partial charge < -0.3 is 10.2 Å². The summed E-state index contributed by atoms with van der Waals surface area (Å²) in [6.07, 6.45) is 1.14. The van der Waals surface area contributed by atoms with Crippen molar-refractivity contribution in [3.8, 4) is 0 Å². The van der Waals surface area contributed by atoms with Crippen molar-refractivity contribution in [3.05, 3.63) is 33.9 Å². The number of nitrogens with zero attached hydrogens (tertiary/aromatic N) is 2. The van der Waals surface area contributed by atoms with Crippen LogP contribution in [0, 0.1) is 17.0 Å². The number of nitro groups is 1. The lowest BCUT2D eigenvalue weighted by Crippen LogP contribution is -2.29. The Labute approximate surface area is 114 Å². The van der Waals surface area contributed by atoms with Crippen LogP contribution in [-0.2, 0) is 0 Å². The number of anilines is 1. The van der Waals surface area contributed by atoms with Crippen LogP contribution in [0.1, 0.15) is 25.8 Å². The second-order valence-corrected chi connectivity index (χ2v) is 4.62. The molecule has 0 spiro atoms. The number of hydrogen-bond acceptors (Lipinski definition) is 4. The maximum absolute atomic E-state index is 10.9. The molecule has 19 heavy (non-hydrogen) atoms. The molecule has 0 amide bonds. The van der Waals surface area contributed by atoms with E-state index in [-0.39, 0.29) is 10.6 Å². The van der Waals surface area contributed by atoms with Crippen molar-refractivity contribution >= 4 is 11.4 Å². The fraction of sp³-hybridized carbons (Fsp3) is 0.571. The smallest absolute Gasteiger partial charge is 0.274 e. The molecule has 1 aromatic carbocycles. The van der Waals surface area contributed by atoms with Gasteiger partial charge >= 0.3 is 0 Å².